The third kappa shape index (κ3) is 4.65. The molecule has 34 heavy (non-hydrogen) atoms. The number of nitrogens with zero attached hydrogens (tertiary/aromatic N) is 2. The van der Waals surface area contributed by atoms with Crippen LogP contribution >= 0.6 is 0 Å². The van der Waals surface area contributed by atoms with Crippen LogP contribution in [0.2, 0.25) is 0 Å². The van der Waals surface area contributed by atoms with E-state index in [2.05, 4.69) is 24.0 Å². The third-order valence-corrected chi connectivity index (χ3v) is 6.18. The van der Waals surface area contributed by atoms with Crippen molar-refractivity contribution in [1.29, 1.82) is 0 Å². The molecule has 0 bridgehead atoms. The van der Waals surface area contributed by atoms with Crippen LogP contribution in [0, 0.1) is 0 Å². The molecule has 1 saturated heterocycles. The number of rotatable bonds is 6. The van der Waals surface area contributed by atoms with Crippen molar-refractivity contribution < 1.29 is 19.1 Å². The number of methoxy groups -OCH3 is 1. The van der Waals surface area contributed by atoms with Crippen molar-refractivity contribution >= 4 is 23.0 Å². The van der Waals surface area contributed by atoms with Crippen molar-refractivity contribution in [2.24, 2.45) is 0 Å². The first kappa shape index (κ1) is 23.8. The lowest BCUT2D eigenvalue weighted by atomic mass is 9.94. The standard InChI is InChI=1S/C27H33N3O4/c1-6-10-18(17-11-8-7-9-12-17)24-28-22-19(13-14-21(33-5)23(22)29-24)20-15-16-30(25(20)31)26(32)34-27(2,3)4/h7-9,11-14,18,20H,6,10,15-16H2,1-5H3,(H,28,29). The molecular formula is C27H33N3O4. The number of aromatic nitrogens is 2. The number of benzene rings is 2. The molecule has 0 aliphatic carbocycles. The fourth-order valence-electron chi connectivity index (χ4n) is 4.62. The van der Waals surface area contributed by atoms with Gasteiger partial charge in [-0.3, -0.25) is 4.79 Å². The number of imidazole rings is 1. The molecule has 0 radical (unpaired) electrons. The number of H-pyrrole nitrogens is 1. The average molecular weight is 464 g/mol. The maximum Gasteiger partial charge on any atom is 0.417 e. The molecule has 1 aliphatic rings. The summed E-state index contributed by atoms with van der Waals surface area (Å²) in [5, 5.41) is 0. The van der Waals surface area contributed by atoms with Crippen molar-refractivity contribution in [3.05, 3.63) is 59.4 Å². The number of hydrogen-bond acceptors (Lipinski definition) is 5. The number of ether oxygens (including phenoxy) is 2. The van der Waals surface area contributed by atoms with E-state index in [1.165, 1.54) is 10.5 Å². The number of likely N-dealkylation sites (tertiary alicyclic amines) is 1. The maximum absolute atomic E-state index is 13.3. The van der Waals surface area contributed by atoms with Gasteiger partial charge in [0.25, 0.3) is 0 Å². The average Bonchev–Trinajstić information content (AvgIpc) is 3.40. The minimum atomic E-state index is -0.661. The van der Waals surface area contributed by atoms with E-state index in [9.17, 15) is 9.59 Å². The molecule has 1 fully saturated rings. The van der Waals surface area contributed by atoms with Crippen LogP contribution < -0.4 is 4.74 Å². The number of amides is 2. The minimum absolute atomic E-state index is 0.105. The SMILES string of the molecule is CCCC(c1ccccc1)c1nc2c(C3CCN(C(=O)OC(C)(C)C)C3=O)ccc(OC)c2[nH]1. The second-order valence-corrected chi connectivity index (χ2v) is 9.77. The van der Waals surface area contributed by atoms with Gasteiger partial charge in [-0.15, -0.1) is 0 Å². The first-order valence-corrected chi connectivity index (χ1v) is 11.9. The van der Waals surface area contributed by atoms with E-state index in [1.54, 1.807) is 27.9 Å². The topological polar surface area (TPSA) is 84.5 Å². The first-order chi connectivity index (χ1) is 16.2. The van der Waals surface area contributed by atoms with Gasteiger partial charge in [0.05, 0.1) is 18.5 Å². The molecule has 3 aromatic rings. The molecule has 1 aliphatic heterocycles. The zero-order valence-electron chi connectivity index (χ0n) is 20.6. The Morgan fingerprint density at radius 1 is 1.21 bits per heavy atom. The molecular weight excluding hydrogens is 430 g/mol. The Balaban J connectivity index is 1.73. The quantitative estimate of drug-likeness (QED) is 0.503. The summed E-state index contributed by atoms with van der Waals surface area (Å²) >= 11 is 0. The van der Waals surface area contributed by atoms with Gasteiger partial charge in [-0.25, -0.2) is 14.7 Å². The maximum atomic E-state index is 13.3. The third-order valence-electron chi connectivity index (χ3n) is 6.18. The molecule has 0 spiro atoms. The highest BCUT2D eigenvalue weighted by molar-refractivity contribution is 6.00. The van der Waals surface area contributed by atoms with Gasteiger partial charge < -0.3 is 14.5 Å². The predicted octanol–water partition coefficient (Wildman–Crippen LogP) is 5.75. The zero-order valence-corrected chi connectivity index (χ0v) is 20.6. The van der Waals surface area contributed by atoms with Crippen LogP contribution in [0.15, 0.2) is 42.5 Å². The summed E-state index contributed by atoms with van der Waals surface area (Å²) < 4.78 is 11.0. The molecule has 2 atom stereocenters. The van der Waals surface area contributed by atoms with E-state index in [-0.39, 0.29) is 11.8 Å². The zero-order chi connectivity index (χ0) is 24.5. The fraction of sp³-hybridized carbons (Fsp3) is 0.444. The Hall–Kier alpha value is -3.35. The minimum Gasteiger partial charge on any atom is -0.494 e. The van der Waals surface area contributed by atoms with Crippen LogP contribution in [-0.4, -0.2) is 46.1 Å². The van der Waals surface area contributed by atoms with E-state index in [0.29, 0.717) is 18.7 Å². The van der Waals surface area contributed by atoms with Crippen LogP contribution in [-0.2, 0) is 9.53 Å². The highest BCUT2D eigenvalue weighted by Gasteiger charge is 2.40. The number of aromatic amines is 1. The van der Waals surface area contributed by atoms with Gasteiger partial charge in [-0.2, -0.15) is 0 Å². The van der Waals surface area contributed by atoms with Gasteiger partial charge in [0.2, 0.25) is 5.91 Å². The normalized spacial score (nSPS) is 17.3. The summed E-state index contributed by atoms with van der Waals surface area (Å²) in [5.41, 5.74) is 2.83. The Kier molecular flexibility index (Phi) is 6.64. The number of carbonyl (C=O) groups is 2. The Morgan fingerprint density at radius 2 is 1.94 bits per heavy atom. The lowest BCUT2D eigenvalue weighted by Crippen LogP contribution is -2.38. The molecule has 2 amide bonds. The molecule has 7 nitrogen and oxygen atoms in total. The van der Waals surface area contributed by atoms with Crippen molar-refractivity contribution in [3.8, 4) is 5.75 Å². The highest BCUT2D eigenvalue weighted by Crippen LogP contribution is 2.38. The summed E-state index contributed by atoms with van der Waals surface area (Å²) in [7, 11) is 1.63. The molecule has 1 aromatic heterocycles. The fourth-order valence-corrected chi connectivity index (χ4v) is 4.62. The van der Waals surface area contributed by atoms with Crippen molar-refractivity contribution in [2.45, 2.75) is 64.4 Å². The largest absolute Gasteiger partial charge is 0.494 e. The van der Waals surface area contributed by atoms with Gasteiger partial charge in [-0.05, 0) is 50.8 Å². The summed E-state index contributed by atoms with van der Waals surface area (Å²) in [6, 6.07) is 14.1. The lowest BCUT2D eigenvalue weighted by molar-refractivity contribution is -0.128. The van der Waals surface area contributed by atoms with Crippen LogP contribution in [0.4, 0.5) is 4.79 Å². The molecule has 2 heterocycles. The molecule has 2 aromatic carbocycles. The molecule has 0 saturated carbocycles. The summed E-state index contributed by atoms with van der Waals surface area (Å²) in [6.45, 7) is 7.86. The number of carbonyl (C=O) groups excluding carboxylic acids is 2. The monoisotopic (exact) mass is 463 g/mol. The predicted molar refractivity (Wildman–Crippen MR) is 131 cm³/mol. The second-order valence-electron chi connectivity index (χ2n) is 9.77. The Morgan fingerprint density at radius 3 is 2.59 bits per heavy atom. The summed E-state index contributed by atoms with van der Waals surface area (Å²) in [5.74, 6) is 0.920. The van der Waals surface area contributed by atoms with E-state index in [0.717, 1.165) is 35.3 Å². The van der Waals surface area contributed by atoms with E-state index < -0.39 is 17.6 Å². The van der Waals surface area contributed by atoms with Crippen LogP contribution in [0.5, 0.6) is 5.75 Å². The van der Waals surface area contributed by atoms with Gasteiger partial charge in [-0.1, -0.05) is 49.7 Å². The van der Waals surface area contributed by atoms with Gasteiger partial charge in [0.15, 0.2) is 0 Å². The van der Waals surface area contributed by atoms with Crippen molar-refractivity contribution in [1.82, 2.24) is 14.9 Å². The number of nitrogens with one attached hydrogen (secondary N) is 1. The number of hydrogen-bond donors (Lipinski definition) is 1. The summed E-state index contributed by atoms with van der Waals surface area (Å²) in [4.78, 5) is 35.5. The lowest BCUT2D eigenvalue weighted by Gasteiger charge is -2.23. The molecule has 1 N–H and O–H groups in total. The molecule has 4 rings (SSSR count). The molecule has 180 valence electrons. The number of fused-ring (bicyclic) bond motifs is 1. The van der Waals surface area contributed by atoms with Gasteiger partial charge >= 0.3 is 6.09 Å². The van der Waals surface area contributed by atoms with Gasteiger partial charge in [0.1, 0.15) is 22.7 Å². The van der Waals surface area contributed by atoms with Gasteiger partial charge in [0, 0.05) is 12.5 Å². The smallest absolute Gasteiger partial charge is 0.417 e. The van der Waals surface area contributed by atoms with E-state index >= 15 is 0 Å². The van der Waals surface area contributed by atoms with E-state index in [1.807, 2.05) is 30.3 Å². The van der Waals surface area contributed by atoms with Crippen LogP contribution in [0.1, 0.15) is 75.7 Å². The first-order valence-electron chi connectivity index (χ1n) is 11.9. The summed E-state index contributed by atoms with van der Waals surface area (Å²) in [6.07, 6.45) is 1.88. The van der Waals surface area contributed by atoms with Crippen molar-refractivity contribution in [2.75, 3.05) is 13.7 Å². The molecule has 7 heteroatoms. The van der Waals surface area contributed by atoms with E-state index in [4.69, 9.17) is 14.5 Å². The van der Waals surface area contributed by atoms with Crippen molar-refractivity contribution in [3.63, 3.8) is 0 Å². The Bertz CT molecular complexity index is 1180. The van der Waals surface area contributed by atoms with Crippen LogP contribution in [0.3, 0.4) is 0 Å². The highest BCUT2D eigenvalue weighted by atomic mass is 16.6. The van der Waals surface area contributed by atoms with Crippen LogP contribution in [0.25, 0.3) is 11.0 Å². The second kappa shape index (κ2) is 9.49. The Labute approximate surface area is 200 Å². The molecule has 2 unspecified atom stereocenters. The number of imide groups is 1.